The van der Waals surface area contributed by atoms with Crippen LogP contribution in [0.5, 0.6) is 0 Å². The average molecular weight is 408 g/mol. The Kier molecular flexibility index (Phi) is 5.44. The van der Waals surface area contributed by atoms with Crippen molar-refractivity contribution in [2.45, 2.75) is 39.8 Å². The fourth-order valence-electron chi connectivity index (χ4n) is 3.09. The molecular weight excluding hydrogens is 384 g/mol. The van der Waals surface area contributed by atoms with Gasteiger partial charge in [-0.3, -0.25) is 9.69 Å². The van der Waals surface area contributed by atoms with Gasteiger partial charge in [0.1, 0.15) is 21.1 Å². The Bertz CT molecular complexity index is 967. The van der Waals surface area contributed by atoms with Crippen LogP contribution in [0.15, 0.2) is 4.79 Å². The van der Waals surface area contributed by atoms with Crippen LogP contribution in [0.1, 0.15) is 41.8 Å². The smallest absolute Gasteiger partial charge is 0.410 e. The molecule has 1 fully saturated rings. The number of aromatic amines is 1. The number of hydrogen-bond acceptors (Lipinski definition) is 7. The Morgan fingerprint density at radius 2 is 1.89 bits per heavy atom. The number of hydrogen-bond donors (Lipinski definition) is 2. The van der Waals surface area contributed by atoms with E-state index in [0.717, 1.165) is 11.3 Å². The zero-order valence-electron chi connectivity index (χ0n) is 16.4. The highest BCUT2D eigenvalue weighted by Crippen LogP contribution is 2.27. The largest absolute Gasteiger partial charge is 0.477 e. The number of carboxylic acid groups (broad SMARTS) is 1. The molecule has 0 bridgehead atoms. The number of rotatable bonds is 3. The number of carboxylic acids is 1. The number of piperazine rings is 1. The molecule has 10 heteroatoms. The number of aromatic carboxylic acids is 1. The summed E-state index contributed by atoms with van der Waals surface area (Å²) in [4.78, 5) is 47.4. The molecule has 0 atom stereocenters. The van der Waals surface area contributed by atoms with Crippen molar-refractivity contribution in [3.05, 3.63) is 26.6 Å². The summed E-state index contributed by atoms with van der Waals surface area (Å²) >= 11 is 1.01. The molecular formula is C18H24N4O5S. The van der Waals surface area contributed by atoms with Crippen molar-refractivity contribution in [1.82, 2.24) is 19.8 Å². The van der Waals surface area contributed by atoms with Gasteiger partial charge in [-0.1, -0.05) is 0 Å². The molecule has 0 aliphatic carbocycles. The number of carbonyl (C=O) groups excluding carboxylic acids is 1. The molecule has 1 aliphatic rings. The molecule has 9 nitrogen and oxygen atoms in total. The normalized spacial score (nSPS) is 15.8. The fourth-order valence-corrected chi connectivity index (χ4v) is 4.13. The first kappa shape index (κ1) is 20.3. The number of H-pyrrole nitrogens is 1. The molecule has 1 amide bonds. The molecule has 1 aliphatic heterocycles. The van der Waals surface area contributed by atoms with E-state index in [2.05, 4.69) is 14.9 Å². The van der Waals surface area contributed by atoms with Gasteiger partial charge in [-0.05, 0) is 33.3 Å². The highest BCUT2D eigenvalue weighted by atomic mass is 32.1. The topological polar surface area (TPSA) is 116 Å². The summed E-state index contributed by atoms with van der Waals surface area (Å²) in [7, 11) is 0. The van der Waals surface area contributed by atoms with Crippen LogP contribution in [-0.4, -0.2) is 68.7 Å². The molecule has 0 radical (unpaired) electrons. The van der Waals surface area contributed by atoms with Crippen molar-refractivity contribution in [2.75, 3.05) is 26.2 Å². The fraction of sp³-hybridized carbons (Fsp3) is 0.556. The first-order chi connectivity index (χ1) is 13.0. The SMILES string of the molecule is Cc1c(C(=O)O)sc2nc(CN3CCN(C(=O)OC(C)(C)C)CC3)[nH]c(=O)c12. The lowest BCUT2D eigenvalue weighted by molar-refractivity contribution is 0.0137. The van der Waals surface area contributed by atoms with Crippen LogP contribution >= 0.6 is 11.3 Å². The van der Waals surface area contributed by atoms with Crippen molar-refractivity contribution in [3.8, 4) is 0 Å². The van der Waals surface area contributed by atoms with E-state index < -0.39 is 11.6 Å². The Balaban J connectivity index is 1.68. The minimum absolute atomic E-state index is 0.135. The lowest BCUT2D eigenvalue weighted by atomic mass is 10.2. The molecule has 2 N–H and O–H groups in total. The number of amides is 1. The molecule has 2 aromatic rings. The van der Waals surface area contributed by atoms with E-state index in [0.29, 0.717) is 54.3 Å². The van der Waals surface area contributed by atoms with Gasteiger partial charge in [-0.25, -0.2) is 14.6 Å². The van der Waals surface area contributed by atoms with Crippen molar-refractivity contribution in [1.29, 1.82) is 0 Å². The standard InChI is InChI=1S/C18H24N4O5S/c1-10-12-14(23)19-11(20-15(12)28-13(10)16(24)25)9-21-5-7-22(8-6-21)17(26)27-18(2,3)4/h5-9H2,1-4H3,(H,24,25)(H,19,20,23). The lowest BCUT2D eigenvalue weighted by Gasteiger charge is -2.35. The monoisotopic (exact) mass is 408 g/mol. The number of aryl methyl sites for hydroxylation is 1. The summed E-state index contributed by atoms with van der Waals surface area (Å²) in [6.45, 7) is 9.87. The maximum absolute atomic E-state index is 12.4. The van der Waals surface area contributed by atoms with Crippen LogP contribution in [0.2, 0.25) is 0 Å². The summed E-state index contributed by atoms with van der Waals surface area (Å²) in [6, 6.07) is 0. The third kappa shape index (κ3) is 4.33. The molecule has 0 spiro atoms. The van der Waals surface area contributed by atoms with Gasteiger partial charge in [-0.2, -0.15) is 0 Å². The zero-order valence-corrected chi connectivity index (χ0v) is 17.2. The Morgan fingerprint density at radius 1 is 1.25 bits per heavy atom. The van der Waals surface area contributed by atoms with Gasteiger partial charge in [0, 0.05) is 26.2 Å². The van der Waals surface area contributed by atoms with E-state index in [1.807, 2.05) is 20.8 Å². The van der Waals surface area contributed by atoms with Crippen LogP contribution in [0.4, 0.5) is 4.79 Å². The lowest BCUT2D eigenvalue weighted by Crippen LogP contribution is -2.49. The van der Waals surface area contributed by atoms with Gasteiger partial charge < -0.3 is 19.7 Å². The van der Waals surface area contributed by atoms with Gasteiger partial charge >= 0.3 is 12.1 Å². The zero-order chi connectivity index (χ0) is 20.6. The Labute approximate surface area is 165 Å². The van der Waals surface area contributed by atoms with Gasteiger partial charge in [0.05, 0.1) is 11.9 Å². The summed E-state index contributed by atoms with van der Waals surface area (Å²) in [5.41, 5.74) is -0.409. The van der Waals surface area contributed by atoms with Crippen LogP contribution in [0.25, 0.3) is 10.2 Å². The number of nitrogens with one attached hydrogen (secondary N) is 1. The minimum atomic E-state index is -1.06. The van der Waals surface area contributed by atoms with E-state index in [9.17, 15) is 19.5 Å². The van der Waals surface area contributed by atoms with Crippen LogP contribution in [0, 0.1) is 6.92 Å². The van der Waals surface area contributed by atoms with E-state index in [4.69, 9.17) is 4.74 Å². The van der Waals surface area contributed by atoms with Crippen molar-refractivity contribution < 1.29 is 19.4 Å². The summed E-state index contributed by atoms with van der Waals surface area (Å²) in [5, 5.41) is 9.58. The molecule has 152 valence electrons. The second-order valence-corrected chi connectivity index (χ2v) is 8.80. The number of thiophene rings is 1. The van der Waals surface area contributed by atoms with E-state index in [1.54, 1.807) is 11.8 Å². The Hall–Kier alpha value is -2.46. The molecule has 0 unspecified atom stereocenters. The summed E-state index contributed by atoms with van der Waals surface area (Å²) in [5.74, 6) is -0.568. The number of fused-ring (bicyclic) bond motifs is 1. The third-order valence-electron chi connectivity index (χ3n) is 4.44. The van der Waals surface area contributed by atoms with E-state index in [1.165, 1.54) is 0 Å². The quantitative estimate of drug-likeness (QED) is 0.798. The second-order valence-electron chi connectivity index (χ2n) is 7.80. The highest BCUT2D eigenvalue weighted by Gasteiger charge is 2.26. The molecule has 28 heavy (non-hydrogen) atoms. The van der Waals surface area contributed by atoms with Gasteiger partial charge in [-0.15, -0.1) is 11.3 Å². The van der Waals surface area contributed by atoms with Gasteiger partial charge in [0.2, 0.25) is 0 Å². The highest BCUT2D eigenvalue weighted by molar-refractivity contribution is 7.20. The maximum Gasteiger partial charge on any atom is 0.410 e. The van der Waals surface area contributed by atoms with Crippen LogP contribution in [-0.2, 0) is 11.3 Å². The molecule has 3 heterocycles. The number of nitrogens with zero attached hydrogens (tertiary/aromatic N) is 3. The molecule has 2 aromatic heterocycles. The maximum atomic E-state index is 12.4. The average Bonchev–Trinajstić information content (AvgIpc) is 2.91. The summed E-state index contributed by atoms with van der Waals surface area (Å²) in [6.07, 6.45) is -0.324. The predicted molar refractivity (Wildman–Crippen MR) is 105 cm³/mol. The minimum Gasteiger partial charge on any atom is -0.477 e. The predicted octanol–water partition coefficient (Wildman–Crippen LogP) is 2.04. The van der Waals surface area contributed by atoms with Crippen molar-refractivity contribution in [3.63, 3.8) is 0 Å². The van der Waals surface area contributed by atoms with E-state index >= 15 is 0 Å². The van der Waals surface area contributed by atoms with E-state index in [-0.39, 0.29) is 16.5 Å². The number of carbonyl (C=O) groups is 2. The van der Waals surface area contributed by atoms with Crippen molar-refractivity contribution in [2.24, 2.45) is 0 Å². The molecule has 0 aromatic carbocycles. The summed E-state index contributed by atoms with van der Waals surface area (Å²) < 4.78 is 5.39. The number of aromatic nitrogens is 2. The third-order valence-corrected chi connectivity index (χ3v) is 5.61. The first-order valence-corrected chi connectivity index (χ1v) is 9.82. The molecule has 1 saturated heterocycles. The Morgan fingerprint density at radius 3 is 2.46 bits per heavy atom. The number of ether oxygens (including phenoxy) is 1. The van der Waals surface area contributed by atoms with Crippen LogP contribution in [0.3, 0.4) is 0 Å². The molecule has 3 rings (SSSR count). The van der Waals surface area contributed by atoms with Crippen LogP contribution < -0.4 is 5.56 Å². The van der Waals surface area contributed by atoms with Crippen molar-refractivity contribution >= 4 is 33.6 Å². The van der Waals surface area contributed by atoms with Gasteiger partial charge in [0.15, 0.2) is 0 Å². The first-order valence-electron chi connectivity index (χ1n) is 9.01. The van der Waals surface area contributed by atoms with Gasteiger partial charge in [0.25, 0.3) is 5.56 Å². The molecule has 0 saturated carbocycles. The second kappa shape index (κ2) is 7.51.